The Kier molecular flexibility index (Phi) is 4.00. The van der Waals surface area contributed by atoms with E-state index in [-0.39, 0.29) is 0 Å². The molecule has 0 saturated carbocycles. The van der Waals surface area contributed by atoms with Gasteiger partial charge in [-0.15, -0.1) is 5.10 Å². The van der Waals surface area contributed by atoms with Crippen molar-refractivity contribution < 1.29 is 9.15 Å². The van der Waals surface area contributed by atoms with E-state index in [1.54, 1.807) is 42.2 Å². The number of furan rings is 1. The van der Waals surface area contributed by atoms with Crippen molar-refractivity contribution in [2.75, 3.05) is 12.4 Å². The molecule has 7 nitrogen and oxygen atoms in total. The number of hydrogen-bond donors (Lipinski definition) is 1. The average Bonchev–Trinajstić information content (AvgIpc) is 3.28. The highest BCUT2D eigenvalue weighted by atomic mass is 35.5. The number of rotatable bonds is 4. The van der Waals surface area contributed by atoms with Crippen LogP contribution in [0, 0.1) is 13.8 Å². The number of nitrogens with one attached hydrogen (secondary N) is 1. The number of anilines is 2. The maximum atomic E-state index is 6.15. The molecule has 4 aromatic rings. The number of hydrogen-bond acceptors (Lipinski definition) is 6. The molecule has 1 N–H and O–H groups in total. The topological polar surface area (TPSA) is 77.5 Å². The number of halogens is 1. The van der Waals surface area contributed by atoms with Gasteiger partial charge in [0, 0.05) is 16.3 Å². The first-order valence-electron chi connectivity index (χ1n) is 7.95. The van der Waals surface area contributed by atoms with Crippen molar-refractivity contribution in [2.24, 2.45) is 0 Å². The monoisotopic (exact) mass is 369 g/mol. The summed E-state index contributed by atoms with van der Waals surface area (Å²) in [5.41, 5.74) is 2.51. The lowest BCUT2D eigenvalue weighted by atomic mass is 10.2. The van der Waals surface area contributed by atoms with Gasteiger partial charge < -0.3 is 14.5 Å². The normalized spacial score (nSPS) is 11.1. The summed E-state index contributed by atoms with van der Waals surface area (Å²) >= 11 is 6.15. The summed E-state index contributed by atoms with van der Waals surface area (Å²) in [6.45, 7) is 3.90. The minimum atomic E-state index is 0.466. The van der Waals surface area contributed by atoms with Gasteiger partial charge in [-0.1, -0.05) is 11.6 Å². The van der Waals surface area contributed by atoms with Crippen LogP contribution in [0.5, 0.6) is 5.75 Å². The highest BCUT2D eigenvalue weighted by Crippen LogP contribution is 2.32. The fourth-order valence-electron chi connectivity index (χ4n) is 2.65. The molecule has 0 bridgehead atoms. The fraction of sp³-hybridized carbons (Fsp3) is 0.167. The summed E-state index contributed by atoms with van der Waals surface area (Å²) < 4.78 is 12.5. The van der Waals surface area contributed by atoms with Crippen LogP contribution in [0.15, 0.2) is 41.0 Å². The number of ether oxygens (including phenoxy) is 1. The summed E-state index contributed by atoms with van der Waals surface area (Å²) in [7, 11) is 1.61. The zero-order valence-electron chi connectivity index (χ0n) is 14.4. The molecule has 4 rings (SSSR count). The van der Waals surface area contributed by atoms with Gasteiger partial charge >= 0.3 is 0 Å². The number of fused-ring (bicyclic) bond motifs is 1. The maximum Gasteiger partial charge on any atom is 0.255 e. The van der Waals surface area contributed by atoms with Gasteiger partial charge in [0.1, 0.15) is 11.6 Å². The molecule has 0 radical (unpaired) electrons. The smallest absolute Gasteiger partial charge is 0.255 e. The molecule has 0 atom stereocenters. The largest absolute Gasteiger partial charge is 0.495 e. The molecule has 0 unspecified atom stereocenters. The molecular formula is C18H16ClN5O2. The first-order chi connectivity index (χ1) is 12.6. The van der Waals surface area contributed by atoms with E-state index in [4.69, 9.17) is 20.8 Å². The van der Waals surface area contributed by atoms with Crippen molar-refractivity contribution in [3.8, 4) is 17.3 Å². The van der Waals surface area contributed by atoms with E-state index in [9.17, 15) is 0 Å². The molecule has 3 heterocycles. The maximum absolute atomic E-state index is 6.15. The van der Waals surface area contributed by atoms with E-state index >= 15 is 0 Å². The van der Waals surface area contributed by atoms with Crippen LogP contribution >= 0.6 is 11.6 Å². The first kappa shape index (κ1) is 16.4. The minimum absolute atomic E-state index is 0.466. The lowest BCUT2D eigenvalue weighted by Crippen LogP contribution is -2.07. The Labute approximate surface area is 154 Å². The van der Waals surface area contributed by atoms with Gasteiger partial charge in [0.2, 0.25) is 5.82 Å². The molecule has 0 saturated heterocycles. The molecule has 132 valence electrons. The lowest BCUT2D eigenvalue weighted by molar-refractivity contribution is 0.417. The zero-order chi connectivity index (χ0) is 18.3. The highest BCUT2D eigenvalue weighted by molar-refractivity contribution is 6.31. The van der Waals surface area contributed by atoms with Crippen molar-refractivity contribution in [2.45, 2.75) is 13.8 Å². The summed E-state index contributed by atoms with van der Waals surface area (Å²) in [5.74, 6) is 2.93. The molecule has 0 aliphatic heterocycles. The second-order valence-corrected chi connectivity index (χ2v) is 6.20. The van der Waals surface area contributed by atoms with E-state index in [2.05, 4.69) is 20.4 Å². The standard InChI is InChI=1S/C18H16ClN5O2/c1-10-11(2)20-18-22-16(15-5-4-8-26-15)23-24(18)17(10)21-13-9-12(19)6-7-14(13)25-3/h4-9,21H,1-3H3. The van der Waals surface area contributed by atoms with Crippen LogP contribution in [0.3, 0.4) is 0 Å². The van der Waals surface area contributed by atoms with Gasteiger partial charge in [0.25, 0.3) is 5.78 Å². The third-order valence-electron chi connectivity index (χ3n) is 4.12. The number of aromatic nitrogens is 4. The van der Waals surface area contributed by atoms with Crippen LogP contribution < -0.4 is 10.1 Å². The van der Waals surface area contributed by atoms with Crippen LogP contribution in [0.25, 0.3) is 17.4 Å². The second kappa shape index (κ2) is 6.34. The van der Waals surface area contributed by atoms with E-state index in [0.717, 1.165) is 22.8 Å². The van der Waals surface area contributed by atoms with Crippen molar-refractivity contribution in [1.82, 2.24) is 19.6 Å². The second-order valence-electron chi connectivity index (χ2n) is 5.76. The number of nitrogens with zero attached hydrogens (tertiary/aromatic N) is 4. The summed E-state index contributed by atoms with van der Waals surface area (Å²) in [4.78, 5) is 8.99. The van der Waals surface area contributed by atoms with Crippen LogP contribution in [0.1, 0.15) is 11.3 Å². The predicted octanol–water partition coefficient (Wildman–Crippen LogP) is 4.41. The summed E-state index contributed by atoms with van der Waals surface area (Å²) in [6, 6.07) is 8.98. The van der Waals surface area contributed by atoms with Crippen LogP contribution in [-0.2, 0) is 0 Å². The molecule has 1 aromatic carbocycles. The highest BCUT2D eigenvalue weighted by Gasteiger charge is 2.17. The van der Waals surface area contributed by atoms with Gasteiger partial charge in [-0.2, -0.15) is 9.50 Å². The Morgan fingerprint density at radius 2 is 2.04 bits per heavy atom. The van der Waals surface area contributed by atoms with E-state index in [1.807, 2.05) is 19.9 Å². The molecule has 3 aromatic heterocycles. The molecular weight excluding hydrogens is 354 g/mol. The van der Waals surface area contributed by atoms with Crippen LogP contribution in [0.4, 0.5) is 11.5 Å². The Balaban J connectivity index is 1.88. The van der Waals surface area contributed by atoms with Gasteiger partial charge in [-0.3, -0.25) is 0 Å². The number of methoxy groups -OCH3 is 1. The quantitative estimate of drug-likeness (QED) is 0.574. The van der Waals surface area contributed by atoms with Crippen molar-refractivity contribution >= 4 is 28.9 Å². The molecule has 0 amide bonds. The summed E-state index contributed by atoms with van der Waals surface area (Å²) in [5, 5.41) is 8.50. The van der Waals surface area contributed by atoms with Gasteiger partial charge in [0.05, 0.1) is 19.1 Å². The van der Waals surface area contributed by atoms with E-state index in [1.165, 1.54) is 0 Å². The van der Waals surface area contributed by atoms with Crippen molar-refractivity contribution in [3.63, 3.8) is 0 Å². The third-order valence-corrected chi connectivity index (χ3v) is 4.36. The van der Waals surface area contributed by atoms with E-state index in [0.29, 0.717) is 28.1 Å². The molecule has 0 fully saturated rings. The van der Waals surface area contributed by atoms with Gasteiger partial charge in [0.15, 0.2) is 5.76 Å². The third kappa shape index (κ3) is 2.76. The fourth-order valence-corrected chi connectivity index (χ4v) is 2.82. The van der Waals surface area contributed by atoms with Gasteiger partial charge in [-0.05, 0) is 44.2 Å². The minimum Gasteiger partial charge on any atom is -0.495 e. The average molecular weight is 370 g/mol. The lowest BCUT2D eigenvalue weighted by Gasteiger charge is -2.15. The zero-order valence-corrected chi connectivity index (χ0v) is 15.2. The Morgan fingerprint density at radius 1 is 1.19 bits per heavy atom. The van der Waals surface area contributed by atoms with Crippen molar-refractivity contribution in [1.29, 1.82) is 0 Å². The SMILES string of the molecule is COc1ccc(Cl)cc1Nc1c(C)c(C)nc2nc(-c3ccco3)nn12. The Bertz CT molecular complexity index is 1090. The molecule has 0 aliphatic carbocycles. The molecule has 0 aliphatic rings. The van der Waals surface area contributed by atoms with Gasteiger partial charge in [-0.25, -0.2) is 4.98 Å². The Hall–Kier alpha value is -3.06. The summed E-state index contributed by atoms with van der Waals surface area (Å²) in [6.07, 6.45) is 1.58. The predicted molar refractivity (Wildman–Crippen MR) is 99.2 cm³/mol. The Morgan fingerprint density at radius 3 is 2.77 bits per heavy atom. The molecule has 8 heteroatoms. The first-order valence-corrected chi connectivity index (χ1v) is 8.33. The van der Waals surface area contributed by atoms with Crippen LogP contribution in [0.2, 0.25) is 5.02 Å². The molecule has 0 spiro atoms. The number of benzene rings is 1. The van der Waals surface area contributed by atoms with E-state index < -0.39 is 0 Å². The molecule has 26 heavy (non-hydrogen) atoms. The number of aryl methyl sites for hydroxylation is 1. The van der Waals surface area contributed by atoms with Crippen LogP contribution in [-0.4, -0.2) is 26.7 Å². The van der Waals surface area contributed by atoms with Crippen molar-refractivity contribution in [3.05, 3.63) is 52.9 Å².